The van der Waals surface area contributed by atoms with Crippen LogP contribution in [-0.4, -0.2) is 29.3 Å². The van der Waals surface area contributed by atoms with E-state index < -0.39 is 0 Å². The Morgan fingerprint density at radius 1 is 1.25 bits per heavy atom. The predicted octanol–water partition coefficient (Wildman–Crippen LogP) is 1.62. The summed E-state index contributed by atoms with van der Waals surface area (Å²) in [7, 11) is 0. The summed E-state index contributed by atoms with van der Waals surface area (Å²) in [5.74, 6) is 2.39. The Balaban J connectivity index is 2.82. The number of hydrogen-bond donors (Lipinski definition) is 2. The minimum absolute atomic E-state index is 0.338. The van der Waals surface area contributed by atoms with Crippen molar-refractivity contribution < 1.29 is 5.11 Å². The zero-order valence-electron chi connectivity index (χ0n) is 7.96. The van der Waals surface area contributed by atoms with E-state index in [1.54, 1.807) is 0 Å². The zero-order chi connectivity index (χ0) is 9.23. The van der Waals surface area contributed by atoms with E-state index in [1.165, 1.54) is 17.9 Å². The number of hydrogen-bond acceptors (Lipinski definition) is 3. The van der Waals surface area contributed by atoms with Gasteiger partial charge in [0.2, 0.25) is 0 Å². The lowest BCUT2D eigenvalue weighted by Gasteiger charge is -2.03. The van der Waals surface area contributed by atoms with Crippen molar-refractivity contribution in [1.82, 2.24) is 0 Å². The Labute approximate surface area is 79.9 Å². The lowest BCUT2D eigenvalue weighted by molar-refractivity contribution is 0.284. The lowest BCUT2D eigenvalue weighted by atomic mass is 10.3. The van der Waals surface area contributed by atoms with Gasteiger partial charge in [-0.05, 0) is 37.7 Å². The van der Waals surface area contributed by atoms with Gasteiger partial charge in [-0.25, -0.2) is 0 Å². The Morgan fingerprint density at radius 2 is 2.00 bits per heavy atom. The molecule has 0 saturated carbocycles. The molecule has 0 spiro atoms. The van der Waals surface area contributed by atoms with Gasteiger partial charge in [0.25, 0.3) is 0 Å². The van der Waals surface area contributed by atoms with Crippen LogP contribution in [0.3, 0.4) is 0 Å². The molecule has 0 bridgehead atoms. The molecule has 3 heteroatoms. The van der Waals surface area contributed by atoms with Crippen LogP contribution in [0.1, 0.15) is 32.6 Å². The molecule has 0 fully saturated rings. The van der Waals surface area contributed by atoms with Gasteiger partial charge in [0.05, 0.1) is 0 Å². The number of nitrogens with two attached hydrogens (primary N) is 1. The zero-order valence-corrected chi connectivity index (χ0v) is 8.78. The highest BCUT2D eigenvalue weighted by Gasteiger charge is 1.94. The van der Waals surface area contributed by atoms with E-state index in [9.17, 15) is 0 Å². The van der Waals surface area contributed by atoms with Crippen molar-refractivity contribution in [3.63, 3.8) is 0 Å². The fourth-order valence-electron chi connectivity index (χ4n) is 0.864. The van der Waals surface area contributed by atoms with Crippen LogP contribution in [0, 0.1) is 0 Å². The summed E-state index contributed by atoms with van der Waals surface area (Å²) in [5, 5.41) is 8.52. The summed E-state index contributed by atoms with van der Waals surface area (Å²) < 4.78 is 0. The van der Waals surface area contributed by atoms with Crippen LogP contribution >= 0.6 is 11.8 Å². The smallest absolute Gasteiger partial charge is 0.0431 e. The van der Waals surface area contributed by atoms with Crippen molar-refractivity contribution in [3.05, 3.63) is 0 Å². The molecule has 1 unspecified atom stereocenters. The molecular formula is C9H21NOS. The Morgan fingerprint density at radius 3 is 2.58 bits per heavy atom. The monoisotopic (exact) mass is 191 g/mol. The summed E-state index contributed by atoms with van der Waals surface area (Å²) in [6.45, 7) is 2.39. The Kier molecular flexibility index (Phi) is 9.57. The first-order valence-corrected chi connectivity index (χ1v) is 5.87. The molecule has 0 rings (SSSR count). The van der Waals surface area contributed by atoms with E-state index in [0.717, 1.165) is 19.3 Å². The van der Waals surface area contributed by atoms with E-state index in [4.69, 9.17) is 10.8 Å². The fraction of sp³-hybridized carbons (Fsp3) is 1.00. The van der Waals surface area contributed by atoms with Crippen molar-refractivity contribution in [2.75, 3.05) is 18.1 Å². The highest BCUT2D eigenvalue weighted by atomic mass is 32.2. The topological polar surface area (TPSA) is 46.2 Å². The molecule has 74 valence electrons. The highest BCUT2D eigenvalue weighted by molar-refractivity contribution is 7.99. The average Bonchev–Trinajstić information content (AvgIpc) is 2.02. The molecule has 0 aromatic carbocycles. The van der Waals surface area contributed by atoms with Crippen LogP contribution in [0.4, 0.5) is 0 Å². The molecule has 3 N–H and O–H groups in total. The lowest BCUT2D eigenvalue weighted by Crippen LogP contribution is -2.15. The minimum atomic E-state index is 0.338. The fourth-order valence-corrected chi connectivity index (χ4v) is 2.01. The molecule has 0 aliphatic heterocycles. The van der Waals surface area contributed by atoms with Gasteiger partial charge in [-0.3, -0.25) is 0 Å². The molecule has 0 aliphatic carbocycles. The van der Waals surface area contributed by atoms with E-state index in [2.05, 4.69) is 0 Å². The second-order valence-electron chi connectivity index (χ2n) is 3.16. The maximum atomic E-state index is 8.52. The largest absolute Gasteiger partial charge is 0.396 e. The number of unbranched alkanes of at least 4 members (excludes halogenated alkanes) is 2. The Hall–Kier alpha value is 0.270. The van der Waals surface area contributed by atoms with Crippen LogP contribution in [-0.2, 0) is 0 Å². The summed E-state index contributed by atoms with van der Waals surface area (Å²) in [6, 6.07) is 0.343. The molecule has 0 aromatic heterocycles. The summed E-state index contributed by atoms with van der Waals surface area (Å²) >= 11 is 1.97. The van der Waals surface area contributed by atoms with Crippen molar-refractivity contribution in [2.24, 2.45) is 5.73 Å². The normalized spacial score (nSPS) is 13.2. The first-order chi connectivity index (χ1) is 5.77. The molecular weight excluding hydrogens is 170 g/mol. The van der Waals surface area contributed by atoms with Gasteiger partial charge in [0.15, 0.2) is 0 Å². The Bertz CT molecular complexity index is 88.6. The molecule has 0 aliphatic rings. The third-order valence-corrected chi connectivity index (χ3v) is 2.77. The maximum Gasteiger partial charge on any atom is 0.0431 e. The van der Waals surface area contributed by atoms with Crippen molar-refractivity contribution >= 4 is 11.8 Å². The van der Waals surface area contributed by atoms with E-state index in [1.807, 2.05) is 18.7 Å². The molecule has 2 nitrogen and oxygen atoms in total. The number of aliphatic hydroxyl groups is 1. The van der Waals surface area contributed by atoms with Gasteiger partial charge >= 0.3 is 0 Å². The third-order valence-electron chi connectivity index (χ3n) is 1.66. The first-order valence-electron chi connectivity index (χ1n) is 4.71. The molecule has 0 aromatic rings. The van der Waals surface area contributed by atoms with Crippen LogP contribution in [0.5, 0.6) is 0 Å². The second kappa shape index (κ2) is 9.36. The SMILES string of the molecule is CC(N)CCSCCCCCO. The maximum absolute atomic E-state index is 8.52. The van der Waals surface area contributed by atoms with Gasteiger partial charge in [-0.15, -0.1) is 0 Å². The molecule has 0 amide bonds. The van der Waals surface area contributed by atoms with Gasteiger partial charge < -0.3 is 10.8 Å². The first kappa shape index (κ1) is 12.3. The van der Waals surface area contributed by atoms with Gasteiger partial charge in [0, 0.05) is 12.6 Å². The number of rotatable bonds is 8. The predicted molar refractivity (Wildman–Crippen MR) is 56.5 cm³/mol. The molecule has 0 saturated heterocycles. The van der Waals surface area contributed by atoms with Crippen LogP contribution < -0.4 is 5.73 Å². The van der Waals surface area contributed by atoms with Crippen molar-refractivity contribution in [1.29, 1.82) is 0 Å². The van der Waals surface area contributed by atoms with E-state index in [0.29, 0.717) is 12.6 Å². The van der Waals surface area contributed by atoms with Gasteiger partial charge in [0.1, 0.15) is 0 Å². The van der Waals surface area contributed by atoms with E-state index >= 15 is 0 Å². The quantitative estimate of drug-likeness (QED) is 0.573. The summed E-state index contributed by atoms with van der Waals surface area (Å²) in [5.41, 5.74) is 5.61. The van der Waals surface area contributed by atoms with Gasteiger partial charge in [-0.2, -0.15) is 11.8 Å². The number of aliphatic hydroxyl groups excluding tert-OH is 1. The van der Waals surface area contributed by atoms with Crippen LogP contribution in [0.2, 0.25) is 0 Å². The molecule has 12 heavy (non-hydrogen) atoms. The van der Waals surface area contributed by atoms with Crippen LogP contribution in [0.25, 0.3) is 0 Å². The summed E-state index contributed by atoms with van der Waals surface area (Å²) in [4.78, 5) is 0. The van der Waals surface area contributed by atoms with Gasteiger partial charge in [-0.1, -0.05) is 6.42 Å². The molecule has 0 heterocycles. The number of thioether (sulfide) groups is 1. The molecule has 1 atom stereocenters. The molecule has 0 radical (unpaired) electrons. The summed E-state index contributed by atoms with van der Waals surface area (Å²) in [6.07, 6.45) is 4.45. The highest BCUT2D eigenvalue weighted by Crippen LogP contribution is 2.08. The third kappa shape index (κ3) is 10.3. The van der Waals surface area contributed by atoms with Crippen LogP contribution in [0.15, 0.2) is 0 Å². The standard InChI is InChI=1S/C9H21NOS/c1-9(10)5-8-12-7-4-2-3-6-11/h9,11H,2-8,10H2,1H3. The van der Waals surface area contributed by atoms with Crippen molar-refractivity contribution in [3.8, 4) is 0 Å². The minimum Gasteiger partial charge on any atom is -0.396 e. The average molecular weight is 191 g/mol. The second-order valence-corrected chi connectivity index (χ2v) is 4.39. The van der Waals surface area contributed by atoms with Crippen molar-refractivity contribution in [2.45, 2.75) is 38.6 Å². The van der Waals surface area contributed by atoms with E-state index in [-0.39, 0.29) is 0 Å².